The Morgan fingerprint density at radius 1 is 1.07 bits per heavy atom. The van der Waals surface area contributed by atoms with Crippen LogP contribution < -0.4 is 10.6 Å². The van der Waals surface area contributed by atoms with E-state index in [1.165, 1.54) is 5.56 Å². The monoisotopic (exact) mass is 415 g/mol. The van der Waals surface area contributed by atoms with Crippen molar-refractivity contribution >= 4 is 23.2 Å². The number of carbonyl (C=O) groups is 2. The molecule has 0 radical (unpaired) electrons. The number of hydrogen-bond donors (Lipinski definition) is 2. The molecule has 2 heterocycles. The number of carbonyl (C=O) groups excluding carboxylic acids is 2. The van der Waals surface area contributed by atoms with Crippen LogP contribution in [0.3, 0.4) is 0 Å². The van der Waals surface area contributed by atoms with Crippen LogP contribution in [0, 0.1) is 6.92 Å². The minimum atomic E-state index is 0.0270. The summed E-state index contributed by atoms with van der Waals surface area (Å²) in [5, 5.41) is 16.1. The highest BCUT2D eigenvalue weighted by atomic mass is 32.1. The van der Waals surface area contributed by atoms with Crippen LogP contribution in [-0.4, -0.2) is 53.1 Å². The van der Waals surface area contributed by atoms with Crippen molar-refractivity contribution in [3.05, 3.63) is 45.9 Å². The second-order valence-electron chi connectivity index (χ2n) is 7.41. The first-order chi connectivity index (χ1) is 14.1. The van der Waals surface area contributed by atoms with E-state index >= 15 is 0 Å². The average Bonchev–Trinajstić information content (AvgIpc) is 3.12. The van der Waals surface area contributed by atoms with Crippen LogP contribution in [0.4, 0.5) is 0 Å². The molecule has 1 saturated heterocycles. The molecule has 7 nitrogen and oxygen atoms in total. The number of rotatable bonds is 3. The quantitative estimate of drug-likeness (QED) is 0.803. The fraction of sp³-hybridized carbons (Fsp3) is 0.524. The summed E-state index contributed by atoms with van der Waals surface area (Å²) < 4.78 is 0. The van der Waals surface area contributed by atoms with E-state index in [1.807, 2.05) is 25.1 Å². The molecule has 156 valence electrons. The Kier molecular flexibility index (Phi) is 8.13. The molecule has 0 aliphatic carbocycles. The standard InChI is InChI=1S/C21H29N5O2S/c1-16-24-25-21(29-16)15-26-13-5-11-22-19(27)9-8-18(10-12-23-20(28)14-26)17-6-3-2-4-7-17/h2-4,6-7,18H,5,8-15H2,1H3,(H,22,27)(H,23,28). The van der Waals surface area contributed by atoms with Gasteiger partial charge in [-0.15, -0.1) is 21.5 Å². The van der Waals surface area contributed by atoms with E-state index in [1.54, 1.807) is 11.3 Å². The molecule has 3 rings (SSSR count). The highest BCUT2D eigenvalue weighted by Crippen LogP contribution is 2.24. The van der Waals surface area contributed by atoms with Gasteiger partial charge in [0.05, 0.1) is 13.1 Å². The lowest BCUT2D eigenvalue weighted by atomic mass is 9.91. The zero-order chi connectivity index (χ0) is 20.5. The van der Waals surface area contributed by atoms with E-state index in [-0.39, 0.29) is 17.7 Å². The molecule has 1 aliphatic heterocycles. The molecule has 1 aromatic carbocycles. The molecule has 8 heteroatoms. The van der Waals surface area contributed by atoms with Crippen molar-refractivity contribution in [1.82, 2.24) is 25.7 Å². The third kappa shape index (κ3) is 7.21. The first-order valence-electron chi connectivity index (χ1n) is 10.2. The third-order valence-electron chi connectivity index (χ3n) is 5.07. The van der Waals surface area contributed by atoms with E-state index in [4.69, 9.17) is 0 Å². The molecule has 2 N–H and O–H groups in total. The van der Waals surface area contributed by atoms with Gasteiger partial charge < -0.3 is 10.6 Å². The Morgan fingerprint density at radius 3 is 2.62 bits per heavy atom. The normalized spacial score (nSPS) is 20.5. The van der Waals surface area contributed by atoms with Gasteiger partial charge in [0.15, 0.2) is 0 Å². The number of nitrogens with zero attached hydrogens (tertiary/aromatic N) is 3. The molecular weight excluding hydrogens is 386 g/mol. The van der Waals surface area contributed by atoms with Crippen LogP contribution in [0.1, 0.15) is 47.2 Å². The topological polar surface area (TPSA) is 87.2 Å². The second-order valence-corrected chi connectivity index (χ2v) is 8.68. The van der Waals surface area contributed by atoms with E-state index in [0.29, 0.717) is 32.6 Å². The van der Waals surface area contributed by atoms with Gasteiger partial charge in [-0.1, -0.05) is 30.3 Å². The Morgan fingerprint density at radius 2 is 1.86 bits per heavy atom. The van der Waals surface area contributed by atoms with Crippen molar-refractivity contribution < 1.29 is 9.59 Å². The first-order valence-corrected chi connectivity index (χ1v) is 11.0. The zero-order valence-corrected chi connectivity index (χ0v) is 17.7. The van der Waals surface area contributed by atoms with E-state index in [0.717, 1.165) is 35.8 Å². The average molecular weight is 416 g/mol. The number of amides is 2. The predicted octanol–water partition coefficient (Wildman–Crippen LogP) is 2.24. The van der Waals surface area contributed by atoms with Crippen molar-refractivity contribution in [1.29, 1.82) is 0 Å². The summed E-state index contributed by atoms with van der Waals surface area (Å²) in [6, 6.07) is 10.2. The van der Waals surface area contributed by atoms with E-state index in [2.05, 4.69) is 37.9 Å². The molecule has 0 spiro atoms. The van der Waals surface area contributed by atoms with Crippen LogP contribution in [0.5, 0.6) is 0 Å². The van der Waals surface area contributed by atoms with Gasteiger partial charge in [-0.05, 0) is 37.7 Å². The molecular formula is C21H29N5O2S. The molecule has 29 heavy (non-hydrogen) atoms. The predicted molar refractivity (Wildman–Crippen MR) is 114 cm³/mol. The smallest absolute Gasteiger partial charge is 0.234 e. The summed E-state index contributed by atoms with van der Waals surface area (Å²) in [6.45, 7) is 4.78. The molecule has 2 amide bonds. The zero-order valence-electron chi connectivity index (χ0n) is 16.9. The summed E-state index contributed by atoms with van der Waals surface area (Å²) in [7, 11) is 0. The van der Waals surface area contributed by atoms with Gasteiger partial charge in [-0.25, -0.2) is 0 Å². The van der Waals surface area contributed by atoms with Gasteiger partial charge in [0.2, 0.25) is 11.8 Å². The van der Waals surface area contributed by atoms with Gasteiger partial charge in [0.1, 0.15) is 10.0 Å². The molecule has 0 bridgehead atoms. The highest BCUT2D eigenvalue weighted by molar-refractivity contribution is 7.11. The van der Waals surface area contributed by atoms with Crippen LogP contribution >= 0.6 is 11.3 Å². The summed E-state index contributed by atoms with van der Waals surface area (Å²) >= 11 is 1.55. The number of aromatic nitrogens is 2. The van der Waals surface area contributed by atoms with Crippen molar-refractivity contribution in [2.45, 2.75) is 45.1 Å². The van der Waals surface area contributed by atoms with Gasteiger partial charge in [-0.3, -0.25) is 14.5 Å². The lowest BCUT2D eigenvalue weighted by molar-refractivity contribution is -0.123. The van der Waals surface area contributed by atoms with Crippen molar-refractivity contribution in [3.8, 4) is 0 Å². The van der Waals surface area contributed by atoms with Crippen molar-refractivity contribution in [2.75, 3.05) is 26.2 Å². The van der Waals surface area contributed by atoms with E-state index in [9.17, 15) is 9.59 Å². The second kappa shape index (κ2) is 11.0. The molecule has 2 aromatic rings. The third-order valence-corrected chi connectivity index (χ3v) is 5.90. The van der Waals surface area contributed by atoms with Gasteiger partial charge in [0.25, 0.3) is 0 Å². The van der Waals surface area contributed by atoms with Crippen LogP contribution in [-0.2, 0) is 16.1 Å². The fourth-order valence-electron chi connectivity index (χ4n) is 3.58. The Labute approximate surface area is 175 Å². The van der Waals surface area contributed by atoms with E-state index < -0.39 is 0 Å². The maximum atomic E-state index is 12.5. The maximum absolute atomic E-state index is 12.5. The number of nitrogens with one attached hydrogen (secondary N) is 2. The van der Waals surface area contributed by atoms with Crippen molar-refractivity contribution in [3.63, 3.8) is 0 Å². The molecule has 1 atom stereocenters. The lowest BCUT2D eigenvalue weighted by Crippen LogP contribution is -2.39. The Hall–Kier alpha value is -2.32. The summed E-state index contributed by atoms with van der Waals surface area (Å²) in [5.74, 6) is 0.378. The maximum Gasteiger partial charge on any atom is 0.234 e. The number of benzene rings is 1. The molecule has 1 fully saturated rings. The van der Waals surface area contributed by atoms with Gasteiger partial charge in [-0.2, -0.15) is 0 Å². The Balaban J connectivity index is 1.63. The minimum absolute atomic E-state index is 0.0270. The Bertz CT molecular complexity index is 795. The van der Waals surface area contributed by atoms with Crippen LogP contribution in [0.2, 0.25) is 0 Å². The lowest BCUT2D eigenvalue weighted by Gasteiger charge is -2.22. The largest absolute Gasteiger partial charge is 0.356 e. The minimum Gasteiger partial charge on any atom is -0.356 e. The van der Waals surface area contributed by atoms with Crippen molar-refractivity contribution in [2.24, 2.45) is 0 Å². The molecule has 1 aliphatic rings. The molecule has 1 aromatic heterocycles. The number of aryl methyl sites for hydroxylation is 1. The first kappa shape index (κ1) is 21.4. The molecule has 0 saturated carbocycles. The van der Waals surface area contributed by atoms with Gasteiger partial charge >= 0.3 is 0 Å². The summed E-state index contributed by atoms with van der Waals surface area (Å²) in [6.07, 6.45) is 2.90. The summed E-state index contributed by atoms with van der Waals surface area (Å²) in [5.41, 5.74) is 1.22. The highest BCUT2D eigenvalue weighted by Gasteiger charge is 2.17. The van der Waals surface area contributed by atoms with Crippen LogP contribution in [0.15, 0.2) is 30.3 Å². The molecule has 1 unspecified atom stereocenters. The summed E-state index contributed by atoms with van der Waals surface area (Å²) in [4.78, 5) is 26.8. The fourth-order valence-corrected chi connectivity index (χ4v) is 4.33. The van der Waals surface area contributed by atoms with Crippen LogP contribution in [0.25, 0.3) is 0 Å². The number of hydrogen-bond acceptors (Lipinski definition) is 6. The SMILES string of the molecule is Cc1nnc(CN2CCCNC(=O)CCC(c3ccccc3)CCNC(=O)C2)s1. The van der Waals surface area contributed by atoms with Gasteiger partial charge in [0, 0.05) is 26.1 Å².